The molecule has 0 atom stereocenters. The molecule has 0 bridgehead atoms. The molecule has 0 heterocycles. The number of fused-ring (bicyclic) bond motifs is 3. The lowest BCUT2D eigenvalue weighted by Crippen LogP contribution is -2.27. The van der Waals surface area contributed by atoms with Gasteiger partial charge in [-0.05, 0) is 53.1 Å². The van der Waals surface area contributed by atoms with Crippen LogP contribution in [0.3, 0.4) is 0 Å². The topological polar surface area (TPSA) is 0 Å². The van der Waals surface area contributed by atoms with E-state index in [-0.39, 0.29) is 5.41 Å². The Morgan fingerprint density at radius 1 is 0.750 bits per heavy atom. The van der Waals surface area contributed by atoms with Crippen LogP contribution in [0.5, 0.6) is 0 Å². The molecule has 28 heavy (non-hydrogen) atoms. The second-order valence-electron chi connectivity index (χ2n) is 8.65. The lowest BCUT2D eigenvalue weighted by molar-refractivity contribution is 0.399. The Bertz CT molecular complexity index is 762. The van der Waals surface area contributed by atoms with Gasteiger partial charge in [0.25, 0.3) is 0 Å². The number of unbranched alkanes of at least 4 members (excludes halogenated alkanes) is 6. The third-order valence-electron chi connectivity index (χ3n) is 6.85. The summed E-state index contributed by atoms with van der Waals surface area (Å²) in [5.41, 5.74) is 9.45. The number of benzene rings is 2. The standard InChI is InChI=1S/C27H37Br/c1-4-6-8-12-18-27(19-13-9-7-5-2)25-15-11-10-14-23(25)24-17-16-22(20-28)21(3)26(24)27/h10-11,14-17H,4-9,12-13,18-20H2,1-3H3. The summed E-state index contributed by atoms with van der Waals surface area (Å²) in [6.45, 7) is 6.99. The number of hydrogen-bond donors (Lipinski definition) is 0. The highest BCUT2D eigenvalue weighted by atomic mass is 79.9. The maximum Gasteiger partial charge on any atom is 0.0285 e. The number of halogens is 1. The van der Waals surface area contributed by atoms with Crippen LogP contribution in [0.15, 0.2) is 36.4 Å². The van der Waals surface area contributed by atoms with Crippen LogP contribution in [-0.2, 0) is 10.7 Å². The molecule has 2 aromatic rings. The molecule has 0 aliphatic heterocycles. The van der Waals surface area contributed by atoms with Crippen molar-refractivity contribution in [3.8, 4) is 11.1 Å². The predicted molar refractivity (Wildman–Crippen MR) is 128 cm³/mol. The van der Waals surface area contributed by atoms with E-state index >= 15 is 0 Å². The van der Waals surface area contributed by atoms with E-state index in [0.29, 0.717) is 0 Å². The highest BCUT2D eigenvalue weighted by Gasteiger charge is 2.43. The molecular formula is C27H37Br. The molecule has 0 saturated carbocycles. The summed E-state index contributed by atoms with van der Waals surface area (Å²) in [6.07, 6.45) is 13.4. The molecule has 1 aliphatic rings. The molecule has 0 N–H and O–H groups in total. The zero-order chi connectivity index (χ0) is 20.0. The fourth-order valence-corrected chi connectivity index (χ4v) is 5.97. The summed E-state index contributed by atoms with van der Waals surface area (Å²) >= 11 is 3.74. The van der Waals surface area contributed by atoms with Crippen molar-refractivity contribution in [3.63, 3.8) is 0 Å². The van der Waals surface area contributed by atoms with Crippen LogP contribution in [0, 0.1) is 6.92 Å². The maximum atomic E-state index is 3.74. The van der Waals surface area contributed by atoms with Gasteiger partial charge < -0.3 is 0 Å². The minimum absolute atomic E-state index is 0.218. The van der Waals surface area contributed by atoms with E-state index in [1.54, 1.807) is 11.1 Å². The molecule has 0 unspecified atom stereocenters. The first-order valence-electron chi connectivity index (χ1n) is 11.5. The average molecular weight is 441 g/mol. The van der Waals surface area contributed by atoms with Gasteiger partial charge in [-0.3, -0.25) is 0 Å². The SMILES string of the molecule is CCCCCCC1(CCCCCC)c2ccccc2-c2ccc(CBr)c(C)c21. The third kappa shape index (κ3) is 4.11. The Morgan fingerprint density at radius 3 is 2.00 bits per heavy atom. The third-order valence-corrected chi connectivity index (χ3v) is 7.45. The molecular weight excluding hydrogens is 404 g/mol. The van der Waals surface area contributed by atoms with Crippen LogP contribution in [0.4, 0.5) is 0 Å². The highest BCUT2D eigenvalue weighted by Crippen LogP contribution is 2.55. The lowest BCUT2D eigenvalue weighted by Gasteiger charge is -2.34. The minimum atomic E-state index is 0.218. The van der Waals surface area contributed by atoms with E-state index < -0.39 is 0 Å². The summed E-state index contributed by atoms with van der Waals surface area (Å²) in [4.78, 5) is 0. The molecule has 0 nitrogen and oxygen atoms in total. The zero-order valence-corrected chi connectivity index (χ0v) is 19.7. The second-order valence-corrected chi connectivity index (χ2v) is 9.22. The highest BCUT2D eigenvalue weighted by molar-refractivity contribution is 9.08. The molecule has 0 amide bonds. The molecule has 0 radical (unpaired) electrons. The van der Waals surface area contributed by atoms with Crippen LogP contribution < -0.4 is 0 Å². The molecule has 1 heteroatoms. The van der Waals surface area contributed by atoms with Crippen molar-refractivity contribution < 1.29 is 0 Å². The number of alkyl halides is 1. The summed E-state index contributed by atoms with van der Waals surface area (Å²) in [5.74, 6) is 0. The van der Waals surface area contributed by atoms with Crippen LogP contribution in [0.25, 0.3) is 11.1 Å². The number of rotatable bonds is 11. The Hall–Kier alpha value is -1.08. The fourth-order valence-electron chi connectivity index (χ4n) is 5.36. The van der Waals surface area contributed by atoms with Gasteiger partial charge in [0.05, 0.1) is 0 Å². The predicted octanol–water partition coefficient (Wildman–Crippen LogP) is 9.10. The van der Waals surface area contributed by atoms with E-state index in [9.17, 15) is 0 Å². The molecule has 0 saturated heterocycles. The van der Waals surface area contributed by atoms with Crippen molar-refractivity contribution >= 4 is 15.9 Å². The maximum absolute atomic E-state index is 3.74. The first kappa shape index (κ1) is 21.6. The van der Waals surface area contributed by atoms with Crippen molar-refractivity contribution in [2.24, 2.45) is 0 Å². The average Bonchev–Trinajstić information content (AvgIpc) is 3.00. The van der Waals surface area contributed by atoms with Crippen LogP contribution in [0.2, 0.25) is 0 Å². The fraction of sp³-hybridized carbons (Fsp3) is 0.556. The second kappa shape index (κ2) is 10.1. The van der Waals surface area contributed by atoms with E-state index in [4.69, 9.17) is 0 Å². The molecule has 1 aliphatic carbocycles. The van der Waals surface area contributed by atoms with E-state index in [1.165, 1.54) is 86.5 Å². The quantitative estimate of drug-likeness (QED) is 0.241. The summed E-state index contributed by atoms with van der Waals surface area (Å²) < 4.78 is 0. The summed E-state index contributed by atoms with van der Waals surface area (Å²) in [6, 6.07) is 14.0. The molecule has 0 spiro atoms. The van der Waals surface area contributed by atoms with Gasteiger partial charge >= 0.3 is 0 Å². The van der Waals surface area contributed by atoms with Gasteiger partial charge in [-0.2, -0.15) is 0 Å². The van der Waals surface area contributed by atoms with Gasteiger partial charge in [0.15, 0.2) is 0 Å². The molecule has 0 aromatic heterocycles. The Morgan fingerprint density at radius 2 is 1.39 bits per heavy atom. The zero-order valence-electron chi connectivity index (χ0n) is 18.1. The van der Waals surface area contributed by atoms with E-state index in [1.807, 2.05) is 0 Å². The monoisotopic (exact) mass is 440 g/mol. The van der Waals surface area contributed by atoms with E-state index in [2.05, 4.69) is 73.1 Å². The van der Waals surface area contributed by atoms with Crippen LogP contribution in [0.1, 0.15) is 100 Å². The van der Waals surface area contributed by atoms with Gasteiger partial charge in [0.1, 0.15) is 0 Å². The van der Waals surface area contributed by atoms with Gasteiger partial charge in [0.2, 0.25) is 0 Å². The van der Waals surface area contributed by atoms with Crippen LogP contribution in [-0.4, -0.2) is 0 Å². The first-order valence-corrected chi connectivity index (χ1v) is 12.6. The van der Waals surface area contributed by atoms with Gasteiger partial charge in [-0.1, -0.05) is 118 Å². The molecule has 152 valence electrons. The largest absolute Gasteiger partial charge is 0.0876 e. The smallest absolute Gasteiger partial charge is 0.0285 e. The van der Waals surface area contributed by atoms with Crippen molar-refractivity contribution in [1.82, 2.24) is 0 Å². The van der Waals surface area contributed by atoms with Crippen LogP contribution >= 0.6 is 15.9 Å². The summed E-state index contributed by atoms with van der Waals surface area (Å²) in [5, 5.41) is 0.949. The van der Waals surface area contributed by atoms with Gasteiger partial charge in [-0.25, -0.2) is 0 Å². The Labute approximate surface area is 181 Å². The van der Waals surface area contributed by atoms with Crippen molar-refractivity contribution in [2.45, 2.75) is 95.7 Å². The van der Waals surface area contributed by atoms with Gasteiger partial charge in [-0.15, -0.1) is 0 Å². The van der Waals surface area contributed by atoms with Crippen molar-refractivity contribution in [1.29, 1.82) is 0 Å². The molecule has 0 fully saturated rings. The first-order chi connectivity index (χ1) is 13.7. The lowest BCUT2D eigenvalue weighted by atomic mass is 9.69. The normalized spacial score (nSPS) is 14.1. The molecule has 3 rings (SSSR count). The minimum Gasteiger partial charge on any atom is -0.0876 e. The van der Waals surface area contributed by atoms with Gasteiger partial charge in [0, 0.05) is 10.7 Å². The number of hydrogen-bond acceptors (Lipinski definition) is 0. The summed E-state index contributed by atoms with van der Waals surface area (Å²) in [7, 11) is 0. The Balaban J connectivity index is 2.07. The van der Waals surface area contributed by atoms with E-state index in [0.717, 1.165) is 5.33 Å². The van der Waals surface area contributed by atoms with Crippen molar-refractivity contribution in [2.75, 3.05) is 0 Å². The van der Waals surface area contributed by atoms with Crippen molar-refractivity contribution in [3.05, 3.63) is 58.7 Å². The molecule has 2 aromatic carbocycles. The Kier molecular flexibility index (Phi) is 7.80.